The summed E-state index contributed by atoms with van der Waals surface area (Å²) >= 11 is 0. The summed E-state index contributed by atoms with van der Waals surface area (Å²) in [5, 5.41) is 20.5. The summed E-state index contributed by atoms with van der Waals surface area (Å²) in [4.78, 5) is 33.6. The number of nitrogens with two attached hydrogens (primary N) is 2. The quantitative estimate of drug-likeness (QED) is 0.238. The number of benzene rings is 1. The summed E-state index contributed by atoms with van der Waals surface area (Å²) in [5.41, 5.74) is 12.5. The smallest absolute Gasteiger partial charge is 0.305 e. The van der Waals surface area contributed by atoms with E-state index in [-0.39, 0.29) is 31.8 Å². The van der Waals surface area contributed by atoms with Crippen LogP contribution >= 0.6 is 0 Å². The molecular formula is C15H21N5O4. The lowest BCUT2D eigenvalue weighted by Gasteiger charge is -2.12. The number of hydrogen-bond donors (Lipinski definition) is 6. The Morgan fingerprint density at radius 2 is 1.79 bits per heavy atom. The van der Waals surface area contributed by atoms with Crippen molar-refractivity contribution in [2.75, 3.05) is 13.1 Å². The maximum Gasteiger partial charge on any atom is 0.305 e. The minimum Gasteiger partial charge on any atom is -0.481 e. The maximum atomic E-state index is 11.8. The Morgan fingerprint density at radius 1 is 1.17 bits per heavy atom. The highest BCUT2D eigenvalue weighted by atomic mass is 16.4. The van der Waals surface area contributed by atoms with Crippen LogP contribution in [0.15, 0.2) is 24.3 Å². The number of rotatable bonds is 9. The molecular weight excluding hydrogens is 314 g/mol. The van der Waals surface area contributed by atoms with Crippen molar-refractivity contribution in [3.05, 3.63) is 35.4 Å². The van der Waals surface area contributed by atoms with Crippen molar-refractivity contribution < 1.29 is 19.5 Å². The molecule has 0 aliphatic heterocycles. The van der Waals surface area contributed by atoms with Gasteiger partial charge < -0.3 is 27.2 Å². The molecule has 2 amide bonds. The Labute approximate surface area is 138 Å². The first-order chi connectivity index (χ1) is 11.3. The van der Waals surface area contributed by atoms with Gasteiger partial charge in [-0.15, -0.1) is 0 Å². The molecule has 0 aliphatic rings. The zero-order chi connectivity index (χ0) is 18.1. The van der Waals surface area contributed by atoms with Gasteiger partial charge in [0.05, 0.1) is 19.0 Å². The Morgan fingerprint density at radius 3 is 2.33 bits per heavy atom. The second-order valence-corrected chi connectivity index (χ2v) is 5.13. The third-order valence-corrected chi connectivity index (χ3v) is 3.14. The van der Waals surface area contributed by atoms with E-state index in [9.17, 15) is 14.4 Å². The lowest BCUT2D eigenvalue weighted by Crippen LogP contribution is -2.46. The molecule has 1 unspecified atom stereocenters. The minimum absolute atomic E-state index is 0.00140. The summed E-state index contributed by atoms with van der Waals surface area (Å²) in [6, 6.07) is 5.95. The molecule has 0 saturated carbocycles. The van der Waals surface area contributed by atoms with Crippen molar-refractivity contribution >= 4 is 23.6 Å². The monoisotopic (exact) mass is 335 g/mol. The fourth-order valence-corrected chi connectivity index (χ4v) is 1.84. The van der Waals surface area contributed by atoms with Gasteiger partial charge in [-0.25, -0.2) is 0 Å². The second-order valence-electron chi connectivity index (χ2n) is 5.13. The molecule has 8 N–H and O–H groups in total. The highest BCUT2D eigenvalue weighted by molar-refractivity contribution is 5.94. The Hall–Kier alpha value is -2.94. The van der Waals surface area contributed by atoms with Crippen LogP contribution in [0.5, 0.6) is 0 Å². The number of hydrogen-bond acceptors (Lipinski definition) is 5. The SMILES string of the molecule is N=C(N)c1ccc(CC(N)C(=O)NCC(=O)NCCC(=O)O)cc1. The van der Waals surface area contributed by atoms with Crippen LogP contribution in [0, 0.1) is 5.41 Å². The topological polar surface area (TPSA) is 171 Å². The van der Waals surface area contributed by atoms with Crippen molar-refractivity contribution in [1.82, 2.24) is 10.6 Å². The summed E-state index contributed by atoms with van der Waals surface area (Å²) in [6.45, 7) is -0.270. The van der Waals surface area contributed by atoms with Crippen LogP contribution in [0.3, 0.4) is 0 Å². The van der Waals surface area contributed by atoms with Gasteiger partial charge in [0.15, 0.2) is 0 Å². The van der Waals surface area contributed by atoms with Gasteiger partial charge in [-0.2, -0.15) is 0 Å². The van der Waals surface area contributed by atoms with Crippen molar-refractivity contribution in [2.45, 2.75) is 18.9 Å². The van der Waals surface area contributed by atoms with Crippen LogP contribution in [-0.4, -0.2) is 47.9 Å². The van der Waals surface area contributed by atoms with Crippen LogP contribution in [0.2, 0.25) is 0 Å². The van der Waals surface area contributed by atoms with Gasteiger partial charge in [-0.3, -0.25) is 19.8 Å². The van der Waals surface area contributed by atoms with Gasteiger partial charge in [-0.05, 0) is 12.0 Å². The molecule has 0 fully saturated rings. The number of carboxylic acids is 1. The van der Waals surface area contributed by atoms with Gasteiger partial charge in [-0.1, -0.05) is 24.3 Å². The first kappa shape index (κ1) is 19.1. The van der Waals surface area contributed by atoms with E-state index in [1.54, 1.807) is 24.3 Å². The first-order valence-electron chi connectivity index (χ1n) is 7.24. The first-order valence-corrected chi connectivity index (χ1v) is 7.24. The van der Waals surface area contributed by atoms with E-state index in [1.165, 1.54) is 0 Å². The summed E-state index contributed by atoms with van der Waals surface area (Å²) < 4.78 is 0. The number of aliphatic carboxylic acids is 1. The Bertz CT molecular complexity index is 615. The predicted octanol–water partition coefficient (Wildman–Crippen LogP) is -1.45. The fourth-order valence-electron chi connectivity index (χ4n) is 1.84. The second kappa shape index (κ2) is 9.26. The molecule has 0 heterocycles. The van der Waals surface area contributed by atoms with Crippen LogP contribution in [0.4, 0.5) is 0 Å². The van der Waals surface area contributed by atoms with E-state index >= 15 is 0 Å². The third-order valence-electron chi connectivity index (χ3n) is 3.14. The van der Waals surface area contributed by atoms with Crippen molar-refractivity contribution in [3.8, 4) is 0 Å². The predicted molar refractivity (Wildman–Crippen MR) is 87.4 cm³/mol. The largest absolute Gasteiger partial charge is 0.481 e. The fraction of sp³-hybridized carbons (Fsp3) is 0.333. The lowest BCUT2D eigenvalue weighted by molar-refractivity contribution is -0.137. The molecule has 24 heavy (non-hydrogen) atoms. The molecule has 130 valence electrons. The van der Waals surface area contributed by atoms with E-state index in [0.717, 1.165) is 5.56 Å². The molecule has 0 saturated heterocycles. The molecule has 0 spiro atoms. The molecule has 9 nitrogen and oxygen atoms in total. The maximum absolute atomic E-state index is 11.8. The van der Waals surface area contributed by atoms with E-state index in [0.29, 0.717) is 5.56 Å². The molecule has 0 aromatic heterocycles. The van der Waals surface area contributed by atoms with E-state index in [2.05, 4.69) is 10.6 Å². The molecule has 1 aromatic rings. The minimum atomic E-state index is -1.02. The molecule has 0 bridgehead atoms. The van der Waals surface area contributed by atoms with Gasteiger partial charge in [0, 0.05) is 12.1 Å². The van der Waals surface area contributed by atoms with Crippen LogP contribution in [0.1, 0.15) is 17.5 Å². The zero-order valence-corrected chi connectivity index (χ0v) is 13.0. The number of amides is 2. The normalized spacial score (nSPS) is 11.4. The molecule has 0 radical (unpaired) electrons. The highest BCUT2D eigenvalue weighted by Gasteiger charge is 2.15. The number of carbonyl (C=O) groups is 3. The standard InChI is InChI=1S/C15H21N5O4/c16-11(7-9-1-3-10(4-2-9)14(17)18)15(24)20-8-12(21)19-6-5-13(22)23/h1-4,11H,5-8,16H2,(H3,17,18)(H,19,21)(H,20,24)(H,22,23). The van der Waals surface area contributed by atoms with Gasteiger partial charge in [0.25, 0.3) is 0 Å². The number of nitrogen functional groups attached to an aromatic ring is 1. The van der Waals surface area contributed by atoms with E-state index < -0.39 is 23.8 Å². The van der Waals surface area contributed by atoms with Gasteiger partial charge >= 0.3 is 5.97 Å². The van der Waals surface area contributed by atoms with Crippen LogP contribution in [0.25, 0.3) is 0 Å². The van der Waals surface area contributed by atoms with Crippen molar-refractivity contribution in [3.63, 3.8) is 0 Å². The van der Waals surface area contributed by atoms with E-state index in [4.69, 9.17) is 22.0 Å². The summed E-state index contributed by atoms with van der Waals surface area (Å²) in [6.07, 6.45) is 0.0834. The summed E-state index contributed by atoms with van der Waals surface area (Å²) in [7, 11) is 0. The molecule has 1 rings (SSSR count). The molecule has 1 atom stereocenters. The average Bonchev–Trinajstić information content (AvgIpc) is 2.52. The lowest BCUT2D eigenvalue weighted by atomic mass is 10.0. The molecule has 1 aromatic carbocycles. The summed E-state index contributed by atoms with van der Waals surface area (Å²) in [5.74, 6) is -2.03. The van der Waals surface area contributed by atoms with Crippen molar-refractivity contribution in [1.29, 1.82) is 5.41 Å². The molecule has 9 heteroatoms. The molecule has 0 aliphatic carbocycles. The Balaban J connectivity index is 2.37. The van der Waals surface area contributed by atoms with Gasteiger partial charge in [0.1, 0.15) is 5.84 Å². The number of amidine groups is 1. The third kappa shape index (κ3) is 6.88. The average molecular weight is 335 g/mol. The highest BCUT2D eigenvalue weighted by Crippen LogP contribution is 2.06. The van der Waals surface area contributed by atoms with E-state index in [1.807, 2.05) is 0 Å². The zero-order valence-electron chi connectivity index (χ0n) is 13.0. The number of carbonyl (C=O) groups excluding carboxylic acids is 2. The van der Waals surface area contributed by atoms with Gasteiger partial charge in [0.2, 0.25) is 11.8 Å². The van der Waals surface area contributed by atoms with Crippen molar-refractivity contribution in [2.24, 2.45) is 11.5 Å². The number of nitrogens with one attached hydrogen (secondary N) is 3. The van der Waals surface area contributed by atoms with Crippen LogP contribution in [-0.2, 0) is 20.8 Å². The Kier molecular flexibility index (Phi) is 7.37. The van der Waals surface area contributed by atoms with Crippen LogP contribution < -0.4 is 22.1 Å². The number of carboxylic acid groups (broad SMARTS) is 1.